The Morgan fingerprint density at radius 1 is 1.60 bits per heavy atom. The first-order chi connectivity index (χ1) is 6.93. The van der Waals surface area contributed by atoms with Gasteiger partial charge < -0.3 is 15.9 Å². The van der Waals surface area contributed by atoms with E-state index in [2.05, 4.69) is 0 Å². The first-order valence-corrected chi connectivity index (χ1v) is 4.38. The third-order valence-corrected chi connectivity index (χ3v) is 2.25. The van der Waals surface area contributed by atoms with E-state index in [1.54, 1.807) is 0 Å². The van der Waals surface area contributed by atoms with Gasteiger partial charge in [0.05, 0.1) is 0 Å². The van der Waals surface area contributed by atoms with Crippen molar-refractivity contribution < 1.29 is 19.4 Å². The zero-order chi connectivity index (χ0) is 11.6. The summed E-state index contributed by atoms with van der Waals surface area (Å²) in [7, 11) is 0. The van der Waals surface area contributed by atoms with E-state index >= 15 is 0 Å². The molecule has 15 heavy (non-hydrogen) atoms. The average molecular weight is 213 g/mol. The van der Waals surface area contributed by atoms with Crippen LogP contribution in [0.5, 0.6) is 5.75 Å². The third kappa shape index (κ3) is 2.44. The van der Waals surface area contributed by atoms with Crippen molar-refractivity contribution in [2.24, 2.45) is 5.73 Å². The molecule has 0 aliphatic carbocycles. The van der Waals surface area contributed by atoms with Gasteiger partial charge in [-0.3, -0.25) is 4.79 Å². The summed E-state index contributed by atoms with van der Waals surface area (Å²) in [6, 6.07) is 1.17. The van der Waals surface area contributed by atoms with Gasteiger partial charge in [0.15, 0.2) is 0 Å². The van der Waals surface area contributed by atoms with Gasteiger partial charge >= 0.3 is 5.97 Å². The number of aromatic hydroxyl groups is 1. The molecule has 0 fully saturated rings. The van der Waals surface area contributed by atoms with Crippen LogP contribution in [0.3, 0.4) is 0 Å². The predicted molar refractivity (Wildman–Crippen MR) is 52.1 cm³/mol. The summed E-state index contributed by atoms with van der Waals surface area (Å²) in [6.45, 7) is 1.47. The SMILES string of the molecule is Cc1c(F)ccc(O)c1CC(N)C(=O)O. The van der Waals surface area contributed by atoms with Crippen molar-refractivity contribution in [1.82, 2.24) is 0 Å². The molecule has 0 aromatic heterocycles. The highest BCUT2D eigenvalue weighted by Gasteiger charge is 2.17. The highest BCUT2D eigenvalue weighted by atomic mass is 19.1. The highest BCUT2D eigenvalue weighted by molar-refractivity contribution is 5.73. The number of hydrogen-bond donors (Lipinski definition) is 3. The van der Waals surface area contributed by atoms with Crippen molar-refractivity contribution in [3.05, 3.63) is 29.1 Å². The van der Waals surface area contributed by atoms with E-state index in [9.17, 15) is 14.3 Å². The van der Waals surface area contributed by atoms with E-state index in [-0.39, 0.29) is 23.3 Å². The number of carboxylic acid groups (broad SMARTS) is 1. The lowest BCUT2D eigenvalue weighted by Crippen LogP contribution is -2.32. The molecule has 5 heteroatoms. The topological polar surface area (TPSA) is 83.5 Å². The average Bonchev–Trinajstić information content (AvgIpc) is 2.18. The second-order valence-electron chi connectivity index (χ2n) is 3.32. The molecule has 4 nitrogen and oxygen atoms in total. The van der Waals surface area contributed by atoms with Crippen LogP contribution in [0, 0.1) is 12.7 Å². The number of hydrogen-bond acceptors (Lipinski definition) is 3. The third-order valence-electron chi connectivity index (χ3n) is 2.25. The van der Waals surface area contributed by atoms with Crippen molar-refractivity contribution in [3.63, 3.8) is 0 Å². The molecule has 1 unspecified atom stereocenters. The second kappa shape index (κ2) is 4.27. The van der Waals surface area contributed by atoms with E-state index in [1.807, 2.05) is 0 Å². The van der Waals surface area contributed by atoms with E-state index in [1.165, 1.54) is 13.0 Å². The Kier molecular flexibility index (Phi) is 3.26. The second-order valence-corrected chi connectivity index (χ2v) is 3.32. The number of carbonyl (C=O) groups is 1. The number of carboxylic acids is 1. The normalized spacial score (nSPS) is 12.5. The summed E-state index contributed by atoms with van der Waals surface area (Å²) < 4.78 is 13.1. The number of benzene rings is 1. The lowest BCUT2D eigenvalue weighted by Gasteiger charge is -2.11. The molecular formula is C10H12FNO3. The molecule has 4 N–H and O–H groups in total. The minimum absolute atomic E-state index is 0.0925. The van der Waals surface area contributed by atoms with Crippen LogP contribution in [0.2, 0.25) is 0 Å². The minimum Gasteiger partial charge on any atom is -0.508 e. The molecule has 0 amide bonds. The van der Waals surface area contributed by atoms with Crippen LogP contribution in [0.25, 0.3) is 0 Å². The van der Waals surface area contributed by atoms with Crippen LogP contribution in [0.15, 0.2) is 12.1 Å². The van der Waals surface area contributed by atoms with Gasteiger partial charge in [0.25, 0.3) is 0 Å². The van der Waals surface area contributed by atoms with Crippen LogP contribution < -0.4 is 5.73 Å². The molecule has 0 aliphatic rings. The smallest absolute Gasteiger partial charge is 0.320 e. The summed E-state index contributed by atoms with van der Waals surface area (Å²) >= 11 is 0. The molecule has 82 valence electrons. The Morgan fingerprint density at radius 3 is 2.73 bits per heavy atom. The van der Waals surface area contributed by atoms with E-state index in [4.69, 9.17) is 10.8 Å². The molecule has 1 aromatic carbocycles. The number of phenols is 1. The van der Waals surface area contributed by atoms with Crippen LogP contribution in [-0.2, 0) is 11.2 Å². The van der Waals surface area contributed by atoms with Crippen molar-refractivity contribution in [3.8, 4) is 5.75 Å². The maximum atomic E-state index is 13.1. The number of phenolic OH excluding ortho intramolecular Hbond substituents is 1. The van der Waals surface area contributed by atoms with Gasteiger partial charge in [-0.1, -0.05) is 0 Å². The zero-order valence-corrected chi connectivity index (χ0v) is 8.20. The molecule has 0 aliphatic heterocycles. The fraction of sp³-hybridized carbons (Fsp3) is 0.300. The maximum Gasteiger partial charge on any atom is 0.320 e. The fourth-order valence-corrected chi connectivity index (χ4v) is 1.28. The van der Waals surface area contributed by atoms with Gasteiger partial charge in [0, 0.05) is 12.0 Å². The maximum absolute atomic E-state index is 13.1. The first kappa shape index (κ1) is 11.5. The Hall–Kier alpha value is -1.62. The Bertz CT molecular complexity index is 392. The number of aliphatic carboxylic acids is 1. The Morgan fingerprint density at radius 2 is 2.20 bits per heavy atom. The number of rotatable bonds is 3. The quantitative estimate of drug-likeness (QED) is 0.693. The van der Waals surface area contributed by atoms with E-state index in [0.29, 0.717) is 0 Å². The lowest BCUT2D eigenvalue weighted by molar-refractivity contribution is -0.138. The lowest BCUT2D eigenvalue weighted by atomic mass is 10.00. The van der Waals surface area contributed by atoms with Gasteiger partial charge in [-0.25, -0.2) is 4.39 Å². The molecule has 0 radical (unpaired) electrons. The zero-order valence-electron chi connectivity index (χ0n) is 8.20. The van der Waals surface area contributed by atoms with Crippen molar-refractivity contribution in [1.29, 1.82) is 0 Å². The minimum atomic E-state index is -1.18. The van der Waals surface area contributed by atoms with Crippen LogP contribution >= 0.6 is 0 Å². The molecule has 1 rings (SSSR count). The van der Waals surface area contributed by atoms with E-state index in [0.717, 1.165) is 6.07 Å². The van der Waals surface area contributed by atoms with Gasteiger partial charge in [-0.2, -0.15) is 0 Å². The number of halogens is 1. The Labute approximate surface area is 86.1 Å². The number of nitrogens with two attached hydrogens (primary N) is 1. The van der Waals surface area contributed by atoms with Gasteiger partial charge in [-0.05, 0) is 24.6 Å². The summed E-state index contributed by atoms with van der Waals surface area (Å²) in [6.07, 6.45) is -0.0925. The van der Waals surface area contributed by atoms with Gasteiger partial charge in [-0.15, -0.1) is 0 Å². The fourth-order valence-electron chi connectivity index (χ4n) is 1.28. The first-order valence-electron chi connectivity index (χ1n) is 4.38. The molecule has 1 aromatic rings. The molecule has 0 heterocycles. The summed E-state index contributed by atoms with van der Waals surface area (Å²) in [4.78, 5) is 10.5. The molecule has 0 saturated carbocycles. The predicted octanol–water partition coefficient (Wildman–Crippen LogP) is 0.794. The van der Waals surface area contributed by atoms with Crippen molar-refractivity contribution in [2.75, 3.05) is 0 Å². The van der Waals surface area contributed by atoms with E-state index < -0.39 is 17.8 Å². The summed E-state index contributed by atoms with van der Waals surface area (Å²) in [5, 5.41) is 18.0. The molecule has 0 bridgehead atoms. The summed E-state index contributed by atoms with van der Waals surface area (Å²) in [5.41, 5.74) is 5.77. The summed E-state index contributed by atoms with van der Waals surface area (Å²) in [5.74, 6) is -1.80. The molecule has 0 saturated heterocycles. The molecular weight excluding hydrogens is 201 g/mol. The molecule has 0 spiro atoms. The highest BCUT2D eigenvalue weighted by Crippen LogP contribution is 2.24. The van der Waals surface area contributed by atoms with Crippen LogP contribution in [-0.4, -0.2) is 22.2 Å². The Balaban J connectivity index is 3.03. The molecule has 1 atom stereocenters. The van der Waals surface area contributed by atoms with Crippen LogP contribution in [0.1, 0.15) is 11.1 Å². The largest absolute Gasteiger partial charge is 0.508 e. The van der Waals surface area contributed by atoms with Gasteiger partial charge in [0.1, 0.15) is 17.6 Å². The van der Waals surface area contributed by atoms with Crippen LogP contribution in [0.4, 0.5) is 4.39 Å². The monoisotopic (exact) mass is 213 g/mol. The standard InChI is InChI=1S/C10H12FNO3/c1-5-6(4-8(12)10(14)15)9(13)3-2-7(5)11/h2-3,8,13H,4,12H2,1H3,(H,14,15). The van der Waals surface area contributed by atoms with Gasteiger partial charge in [0.2, 0.25) is 0 Å². The van der Waals surface area contributed by atoms with Crippen molar-refractivity contribution >= 4 is 5.97 Å². The van der Waals surface area contributed by atoms with Crippen molar-refractivity contribution in [2.45, 2.75) is 19.4 Å².